The molecule has 0 aliphatic carbocycles. The van der Waals surface area contributed by atoms with Gasteiger partial charge in [-0.3, -0.25) is 0 Å². The van der Waals surface area contributed by atoms with E-state index in [1.165, 1.54) is 13.4 Å². The van der Waals surface area contributed by atoms with Crippen LogP contribution >= 0.6 is 0 Å². The molecule has 1 atom stereocenters. The second-order valence-electron chi connectivity index (χ2n) is 5.45. The van der Waals surface area contributed by atoms with Gasteiger partial charge in [0.2, 0.25) is 5.76 Å². The summed E-state index contributed by atoms with van der Waals surface area (Å²) in [5, 5.41) is 3.45. The van der Waals surface area contributed by atoms with Crippen LogP contribution in [0.3, 0.4) is 0 Å². The lowest BCUT2D eigenvalue weighted by Gasteiger charge is -2.35. The normalized spacial score (nSPS) is 22.2. The number of hydrogen-bond acceptors (Lipinski definition) is 5. The summed E-state index contributed by atoms with van der Waals surface area (Å²) >= 11 is 0. The summed E-state index contributed by atoms with van der Waals surface area (Å²) in [6.45, 7) is 5.55. The third kappa shape index (κ3) is 3.58. The van der Waals surface area contributed by atoms with Gasteiger partial charge >= 0.3 is 5.97 Å². The number of methoxy groups -OCH3 is 1. The maximum absolute atomic E-state index is 11.5. The van der Waals surface area contributed by atoms with Crippen LogP contribution in [-0.2, 0) is 16.0 Å². The third-order valence-electron chi connectivity index (χ3n) is 3.40. The van der Waals surface area contributed by atoms with E-state index in [0.717, 1.165) is 25.0 Å². The fourth-order valence-electron chi connectivity index (χ4n) is 2.41. The Kier molecular flexibility index (Phi) is 4.27. The fourth-order valence-corrected chi connectivity index (χ4v) is 2.41. The van der Waals surface area contributed by atoms with Crippen molar-refractivity contribution in [2.75, 3.05) is 13.7 Å². The molecule has 5 nitrogen and oxygen atoms in total. The Hall–Kier alpha value is -1.33. The summed E-state index contributed by atoms with van der Waals surface area (Å²) in [5.74, 6) is -0.157. The molecule has 1 aliphatic rings. The maximum Gasteiger partial charge on any atom is 0.374 e. The zero-order valence-corrected chi connectivity index (χ0v) is 11.7. The molecule has 2 heterocycles. The van der Waals surface area contributed by atoms with E-state index in [4.69, 9.17) is 9.15 Å². The lowest BCUT2D eigenvalue weighted by atomic mass is 9.94. The lowest BCUT2D eigenvalue weighted by Crippen LogP contribution is -2.43. The number of furan rings is 1. The van der Waals surface area contributed by atoms with Crippen LogP contribution in [0, 0.1) is 0 Å². The molecule has 1 aromatic heterocycles. The van der Waals surface area contributed by atoms with Gasteiger partial charge in [0.25, 0.3) is 0 Å². The molecule has 1 N–H and O–H groups in total. The standard InChI is InChI=1S/C14H21NO4/c1-14(2)8-11(5-7-19-14)15-9-10-4-6-18-12(10)13(16)17-3/h4,6,11,15H,5,7-9H2,1-3H3. The molecular weight excluding hydrogens is 246 g/mol. The largest absolute Gasteiger partial charge is 0.463 e. The number of carbonyl (C=O) groups is 1. The quantitative estimate of drug-likeness (QED) is 0.847. The number of rotatable bonds is 4. The molecule has 5 heteroatoms. The number of esters is 1. The molecule has 0 amide bonds. The topological polar surface area (TPSA) is 60.7 Å². The monoisotopic (exact) mass is 267 g/mol. The van der Waals surface area contributed by atoms with E-state index in [9.17, 15) is 4.79 Å². The van der Waals surface area contributed by atoms with Gasteiger partial charge in [-0.25, -0.2) is 4.79 Å². The van der Waals surface area contributed by atoms with Crippen LogP contribution in [0.15, 0.2) is 16.7 Å². The second-order valence-corrected chi connectivity index (χ2v) is 5.45. The molecule has 0 radical (unpaired) electrons. The minimum Gasteiger partial charge on any atom is -0.463 e. The van der Waals surface area contributed by atoms with Crippen molar-refractivity contribution >= 4 is 5.97 Å². The molecule has 1 saturated heterocycles. The van der Waals surface area contributed by atoms with Crippen molar-refractivity contribution < 1.29 is 18.7 Å². The molecule has 0 saturated carbocycles. The highest BCUT2D eigenvalue weighted by Crippen LogP contribution is 2.24. The average molecular weight is 267 g/mol. The van der Waals surface area contributed by atoms with Crippen LogP contribution in [0.1, 0.15) is 42.8 Å². The predicted molar refractivity (Wildman–Crippen MR) is 69.9 cm³/mol. The van der Waals surface area contributed by atoms with Gasteiger partial charge in [-0.15, -0.1) is 0 Å². The van der Waals surface area contributed by atoms with Gasteiger partial charge in [0.15, 0.2) is 0 Å². The fraction of sp³-hybridized carbons (Fsp3) is 0.643. The van der Waals surface area contributed by atoms with Gasteiger partial charge in [-0.2, -0.15) is 0 Å². The SMILES string of the molecule is COC(=O)c1occc1CNC1CCOC(C)(C)C1. The van der Waals surface area contributed by atoms with Crippen molar-refractivity contribution in [2.24, 2.45) is 0 Å². The first-order valence-electron chi connectivity index (χ1n) is 6.54. The molecule has 1 aliphatic heterocycles. The maximum atomic E-state index is 11.5. The van der Waals surface area contributed by atoms with Crippen molar-refractivity contribution in [1.82, 2.24) is 5.32 Å². The van der Waals surface area contributed by atoms with Gasteiger partial charge in [0.1, 0.15) is 0 Å². The highest BCUT2D eigenvalue weighted by molar-refractivity contribution is 5.87. The van der Waals surface area contributed by atoms with Crippen LogP contribution < -0.4 is 5.32 Å². The zero-order valence-electron chi connectivity index (χ0n) is 11.7. The summed E-state index contributed by atoms with van der Waals surface area (Å²) < 4.78 is 15.5. The first-order chi connectivity index (χ1) is 9.02. The summed E-state index contributed by atoms with van der Waals surface area (Å²) in [5.41, 5.74) is 0.744. The van der Waals surface area contributed by atoms with Crippen molar-refractivity contribution in [3.63, 3.8) is 0 Å². The Bertz CT molecular complexity index is 438. The van der Waals surface area contributed by atoms with E-state index in [-0.39, 0.29) is 11.4 Å². The average Bonchev–Trinajstić information content (AvgIpc) is 2.82. The van der Waals surface area contributed by atoms with Crippen LogP contribution in [0.2, 0.25) is 0 Å². The van der Waals surface area contributed by atoms with E-state index in [2.05, 4.69) is 23.9 Å². The summed E-state index contributed by atoms with van der Waals surface area (Å²) in [6.07, 6.45) is 3.45. The number of hydrogen-bond donors (Lipinski definition) is 1. The van der Waals surface area contributed by atoms with Crippen molar-refractivity contribution in [1.29, 1.82) is 0 Å². The first-order valence-corrected chi connectivity index (χ1v) is 6.54. The molecule has 106 valence electrons. The van der Waals surface area contributed by atoms with Crippen LogP contribution in [0.4, 0.5) is 0 Å². The Morgan fingerprint density at radius 1 is 1.58 bits per heavy atom. The van der Waals surface area contributed by atoms with Gasteiger partial charge in [0, 0.05) is 24.8 Å². The molecule has 0 spiro atoms. The van der Waals surface area contributed by atoms with Gasteiger partial charge in [-0.1, -0.05) is 0 Å². The smallest absolute Gasteiger partial charge is 0.374 e. The zero-order chi connectivity index (χ0) is 13.9. The molecule has 19 heavy (non-hydrogen) atoms. The van der Waals surface area contributed by atoms with E-state index < -0.39 is 5.97 Å². The molecular formula is C14H21NO4. The lowest BCUT2D eigenvalue weighted by molar-refractivity contribution is -0.0630. The molecule has 0 bridgehead atoms. The molecule has 0 aromatic carbocycles. The van der Waals surface area contributed by atoms with E-state index in [1.807, 2.05) is 0 Å². The Morgan fingerprint density at radius 2 is 2.37 bits per heavy atom. The Morgan fingerprint density at radius 3 is 3.05 bits per heavy atom. The number of nitrogens with one attached hydrogen (secondary N) is 1. The van der Waals surface area contributed by atoms with Crippen molar-refractivity contribution in [2.45, 2.75) is 44.9 Å². The number of ether oxygens (including phenoxy) is 2. The van der Waals surface area contributed by atoms with Gasteiger partial charge in [-0.05, 0) is 32.8 Å². The van der Waals surface area contributed by atoms with Crippen molar-refractivity contribution in [3.05, 3.63) is 23.7 Å². The Balaban J connectivity index is 1.92. The Labute approximate surface area is 113 Å². The van der Waals surface area contributed by atoms with E-state index in [0.29, 0.717) is 12.6 Å². The van der Waals surface area contributed by atoms with E-state index in [1.54, 1.807) is 6.07 Å². The predicted octanol–water partition coefficient (Wildman–Crippen LogP) is 2.11. The summed E-state index contributed by atoms with van der Waals surface area (Å²) in [7, 11) is 1.35. The summed E-state index contributed by atoms with van der Waals surface area (Å²) in [4.78, 5) is 11.5. The van der Waals surface area contributed by atoms with E-state index >= 15 is 0 Å². The number of carbonyl (C=O) groups excluding carboxylic acids is 1. The third-order valence-corrected chi connectivity index (χ3v) is 3.40. The second kappa shape index (κ2) is 5.75. The molecule has 2 rings (SSSR count). The van der Waals surface area contributed by atoms with Crippen LogP contribution in [0.25, 0.3) is 0 Å². The van der Waals surface area contributed by atoms with Crippen molar-refractivity contribution in [3.8, 4) is 0 Å². The van der Waals surface area contributed by atoms with Gasteiger partial charge < -0.3 is 19.2 Å². The minimum atomic E-state index is -0.436. The summed E-state index contributed by atoms with van der Waals surface area (Å²) in [6, 6.07) is 2.19. The minimum absolute atomic E-state index is 0.0858. The molecule has 1 aromatic rings. The molecule has 1 unspecified atom stereocenters. The van der Waals surface area contributed by atoms with Crippen LogP contribution in [0.5, 0.6) is 0 Å². The highest BCUT2D eigenvalue weighted by atomic mass is 16.5. The van der Waals surface area contributed by atoms with Crippen LogP contribution in [-0.4, -0.2) is 31.3 Å². The molecule has 1 fully saturated rings. The first kappa shape index (κ1) is 14.1. The van der Waals surface area contributed by atoms with Gasteiger partial charge in [0.05, 0.1) is 19.0 Å². The highest BCUT2D eigenvalue weighted by Gasteiger charge is 2.28.